The van der Waals surface area contributed by atoms with Crippen LogP contribution in [0.5, 0.6) is 5.75 Å². The molecular formula is C16H21N5O3S. The first-order chi connectivity index (χ1) is 11.9. The van der Waals surface area contributed by atoms with Crippen molar-refractivity contribution >= 4 is 27.3 Å². The maximum absolute atomic E-state index is 11.5. The minimum atomic E-state index is -2.96. The van der Waals surface area contributed by atoms with Crippen molar-refractivity contribution in [2.75, 3.05) is 22.1 Å². The van der Waals surface area contributed by atoms with E-state index in [1.54, 1.807) is 0 Å². The van der Waals surface area contributed by atoms with Gasteiger partial charge in [0, 0.05) is 6.04 Å². The quantitative estimate of drug-likeness (QED) is 0.803. The number of nitrogens with zero attached hydrogens (tertiary/aromatic N) is 3. The molecule has 0 bridgehead atoms. The molecule has 2 heterocycles. The van der Waals surface area contributed by atoms with Crippen LogP contribution in [-0.4, -0.2) is 47.3 Å². The number of nitrogens with one attached hydrogen (secondary N) is 2. The molecule has 1 atom stereocenters. The van der Waals surface area contributed by atoms with Crippen LogP contribution in [0.2, 0.25) is 0 Å². The molecule has 1 fully saturated rings. The molecule has 8 nitrogen and oxygen atoms in total. The summed E-state index contributed by atoms with van der Waals surface area (Å²) in [5.74, 6) is 1.80. The minimum Gasteiger partial charge on any atom is -0.489 e. The summed E-state index contributed by atoms with van der Waals surface area (Å²) in [4.78, 5) is 4.35. The molecule has 1 aliphatic rings. The Labute approximate surface area is 147 Å². The first-order valence-electron chi connectivity index (χ1n) is 8.11. The third kappa shape index (κ3) is 4.79. The Kier molecular flexibility index (Phi) is 5.03. The van der Waals surface area contributed by atoms with Gasteiger partial charge in [-0.15, -0.1) is 5.10 Å². The van der Waals surface area contributed by atoms with Crippen molar-refractivity contribution in [1.29, 1.82) is 0 Å². The molecule has 134 valence electrons. The number of ether oxygens (including phenoxy) is 1. The van der Waals surface area contributed by atoms with Crippen LogP contribution >= 0.6 is 0 Å². The van der Waals surface area contributed by atoms with Crippen molar-refractivity contribution in [3.8, 4) is 5.75 Å². The number of hydrogen-bond donors (Lipinski definition) is 2. The molecule has 2 aromatic rings. The van der Waals surface area contributed by atoms with Crippen molar-refractivity contribution in [3.63, 3.8) is 0 Å². The zero-order valence-electron chi connectivity index (χ0n) is 14.1. The summed E-state index contributed by atoms with van der Waals surface area (Å²) < 4.78 is 28.9. The van der Waals surface area contributed by atoms with E-state index in [0.29, 0.717) is 23.9 Å². The Morgan fingerprint density at radius 2 is 2.08 bits per heavy atom. The maximum atomic E-state index is 11.5. The molecule has 3 rings (SSSR count). The Morgan fingerprint density at radius 3 is 2.80 bits per heavy atom. The molecule has 1 saturated heterocycles. The molecule has 0 amide bonds. The molecule has 1 aromatic heterocycles. The van der Waals surface area contributed by atoms with E-state index in [-0.39, 0.29) is 23.7 Å². The van der Waals surface area contributed by atoms with Crippen LogP contribution in [0.3, 0.4) is 0 Å². The molecule has 0 saturated carbocycles. The van der Waals surface area contributed by atoms with Gasteiger partial charge in [-0.1, -0.05) is 12.1 Å². The highest BCUT2D eigenvalue weighted by Crippen LogP contribution is 2.27. The largest absolute Gasteiger partial charge is 0.489 e. The van der Waals surface area contributed by atoms with Crippen molar-refractivity contribution < 1.29 is 13.2 Å². The summed E-state index contributed by atoms with van der Waals surface area (Å²) in [7, 11) is -2.96. The first kappa shape index (κ1) is 17.4. The van der Waals surface area contributed by atoms with Crippen LogP contribution in [0.4, 0.5) is 17.5 Å². The summed E-state index contributed by atoms with van der Waals surface area (Å²) in [6, 6.07) is 7.37. The van der Waals surface area contributed by atoms with E-state index in [4.69, 9.17) is 4.74 Å². The van der Waals surface area contributed by atoms with Crippen LogP contribution in [0.15, 0.2) is 30.5 Å². The number of sulfone groups is 1. The molecular weight excluding hydrogens is 342 g/mol. The summed E-state index contributed by atoms with van der Waals surface area (Å²) in [6.45, 7) is 3.92. The summed E-state index contributed by atoms with van der Waals surface area (Å²) in [5, 5.41) is 14.0. The zero-order valence-corrected chi connectivity index (χ0v) is 15.0. The van der Waals surface area contributed by atoms with Crippen molar-refractivity contribution in [2.45, 2.75) is 32.4 Å². The number of anilines is 3. The van der Waals surface area contributed by atoms with E-state index in [0.717, 1.165) is 5.69 Å². The Morgan fingerprint density at radius 1 is 1.28 bits per heavy atom. The van der Waals surface area contributed by atoms with E-state index in [1.807, 2.05) is 38.1 Å². The third-order valence-corrected chi connectivity index (χ3v) is 5.40. The highest BCUT2D eigenvalue weighted by molar-refractivity contribution is 7.91. The van der Waals surface area contributed by atoms with Crippen LogP contribution in [0.25, 0.3) is 0 Å². The van der Waals surface area contributed by atoms with Crippen LogP contribution in [0, 0.1) is 0 Å². The van der Waals surface area contributed by atoms with Gasteiger partial charge in [0.25, 0.3) is 0 Å². The van der Waals surface area contributed by atoms with Gasteiger partial charge in [-0.05, 0) is 32.4 Å². The van der Waals surface area contributed by atoms with Gasteiger partial charge in [0.1, 0.15) is 5.75 Å². The Bertz CT molecular complexity index is 841. The predicted molar refractivity (Wildman–Crippen MR) is 96.0 cm³/mol. The maximum Gasteiger partial charge on any atom is 0.244 e. The lowest BCUT2D eigenvalue weighted by atomic mass is 10.3. The van der Waals surface area contributed by atoms with Gasteiger partial charge in [0.05, 0.1) is 29.5 Å². The molecule has 0 radical (unpaired) electrons. The molecule has 1 aliphatic heterocycles. The second-order valence-corrected chi connectivity index (χ2v) is 8.43. The fourth-order valence-corrected chi connectivity index (χ4v) is 4.25. The third-order valence-electron chi connectivity index (χ3n) is 3.64. The van der Waals surface area contributed by atoms with Crippen molar-refractivity contribution in [3.05, 3.63) is 30.5 Å². The average molecular weight is 363 g/mol. The lowest BCUT2D eigenvalue weighted by molar-refractivity contribution is 0.244. The SMILES string of the molecule is CC(C)Oc1ccccc1Nc1cnnc(NC2CCS(=O)(=O)C2)n1. The normalized spacial score (nSPS) is 18.9. The monoisotopic (exact) mass is 363 g/mol. The Hall–Kier alpha value is -2.42. The van der Waals surface area contributed by atoms with Gasteiger partial charge in [-0.3, -0.25) is 0 Å². The number of aromatic nitrogens is 3. The van der Waals surface area contributed by atoms with Crippen molar-refractivity contribution in [2.24, 2.45) is 0 Å². The minimum absolute atomic E-state index is 0.0491. The zero-order chi connectivity index (χ0) is 17.9. The van der Waals surface area contributed by atoms with Gasteiger partial charge in [0.15, 0.2) is 15.7 Å². The Balaban J connectivity index is 1.72. The highest BCUT2D eigenvalue weighted by Gasteiger charge is 2.28. The fourth-order valence-electron chi connectivity index (χ4n) is 2.58. The highest BCUT2D eigenvalue weighted by atomic mass is 32.2. The molecule has 1 unspecified atom stereocenters. The molecule has 0 aliphatic carbocycles. The summed E-state index contributed by atoms with van der Waals surface area (Å²) >= 11 is 0. The smallest absolute Gasteiger partial charge is 0.244 e. The summed E-state index contributed by atoms with van der Waals surface area (Å²) in [5.41, 5.74) is 0.770. The van der Waals surface area contributed by atoms with Gasteiger partial charge < -0.3 is 15.4 Å². The van der Waals surface area contributed by atoms with Crippen LogP contribution in [0.1, 0.15) is 20.3 Å². The van der Waals surface area contributed by atoms with Crippen LogP contribution < -0.4 is 15.4 Å². The van der Waals surface area contributed by atoms with Gasteiger partial charge in [-0.2, -0.15) is 10.1 Å². The summed E-state index contributed by atoms with van der Waals surface area (Å²) in [6.07, 6.45) is 2.10. The van der Waals surface area contributed by atoms with E-state index in [2.05, 4.69) is 25.8 Å². The number of rotatable bonds is 6. The standard InChI is InChI=1S/C16H21N5O3S/c1-11(2)24-14-6-4-3-5-13(14)19-15-9-17-21-16(20-15)18-12-7-8-25(22,23)10-12/h3-6,9,11-12H,7-8,10H2,1-2H3,(H2,18,19,20,21). The van der Waals surface area contributed by atoms with Crippen molar-refractivity contribution in [1.82, 2.24) is 15.2 Å². The molecule has 2 N–H and O–H groups in total. The lowest BCUT2D eigenvalue weighted by Gasteiger charge is -2.15. The van der Waals surface area contributed by atoms with Gasteiger partial charge >= 0.3 is 0 Å². The van der Waals surface area contributed by atoms with Gasteiger partial charge in [-0.25, -0.2) is 8.42 Å². The number of benzene rings is 1. The van der Waals surface area contributed by atoms with Crippen LogP contribution in [-0.2, 0) is 9.84 Å². The number of para-hydroxylation sites is 2. The molecule has 1 aromatic carbocycles. The molecule has 25 heavy (non-hydrogen) atoms. The van der Waals surface area contributed by atoms with Gasteiger partial charge in [0.2, 0.25) is 5.95 Å². The fraction of sp³-hybridized carbons (Fsp3) is 0.438. The second kappa shape index (κ2) is 7.22. The topological polar surface area (TPSA) is 106 Å². The van der Waals surface area contributed by atoms with E-state index in [1.165, 1.54) is 6.20 Å². The predicted octanol–water partition coefficient (Wildman–Crippen LogP) is 2.00. The second-order valence-electron chi connectivity index (χ2n) is 6.20. The first-order valence-corrected chi connectivity index (χ1v) is 9.93. The molecule has 0 spiro atoms. The molecule has 9 heteroatoms. The van der Waals surface area contributed by atoms with E-state index >= 15 is 0 Å². The van der Waals surface area contributed by atoms with E-state index in [9.17, 15) is 8.42 Å². The average Bonchev–Trinajstić information content (AvgIpc) is 2.88. The van der Waals surface area contributed by atoms with E-state index < -0.39 is 9.84 Å². The lowest BCUT2D eigenvalue weighted by Crippen LogP contribution is -2.22. The number of hydrogen-bond acceptors (Lipinski definition) is 8.